The zero-order valence-corrected chi connectivity index (χ0v) is 8.16. The molecule has 0 radical (unpaired) electrons. The van der Waals surface area contributed by atoms with Gasteiger partial charge in [0.1, 0.15) is 0 Å². The second kappa shape index (κ2) is 7.43. The van der Waals surface area contributed by atoms with Crippen LogP contribution in [0.5, 0.6) is 0 Å². The van der Waals surface area contributed by atoms with E-state index < -0.39 is 0 Å². The van der Waals surface area contributed by atoms with E-state index in [1.165, 1.54) is 0 Å². The molecule has 1 amide bonds. The van der Waals surface area contributed by atoms with Crippen molar-refractivity contribution in [2.45, 2.75) is 26.7 Å². The van der Waals surface area contributed by atoms with Gasteiger partial charge in [-0.1, -0.05) is 19.0 Å². The molecular formula is C8H16N4O. The Kier molecular flexibility index (Phi) is 6.73. The number of nitrogens with one attached hydrogen (secondary N) is 1. The maximum Gasteiger partial charge on any atom is 0.220 e. The number of carbonyl (C=O) groups is 1. The molecule has 0 fully saturated rings. The lowest BCUT2D eigenvalue weighted by atomic mass is 10.1. The van der Waals surface area contributed by atoms with Gasteiger partial charge in [0.05, 0.1) is 0 Å². The minimum absolute atomic E-state index is 0.0295. The van der Waals surface area contributed by atoms with Gasteiger partial charge >= 0.3 is 0 Å². The molecule has 0 heterocycles. The highest BCUT2D eigenvalue weighted by Crippen LogP contribution is 2.02. The lowest BCUT2D eigenvalue weighted by molar-refractivity contribution is -0.121. The van der Waals surface area contributed by atoms with Crippen molar-refractivity contribution in [2.24, 2.45) is 11.0 Å². The summed E-state index contributed by atoms with van der Waals surface area (Å²) in [6, 6.07) is 0. The summed E-state index contributed by atoms with van der Waals surface area (Å²) in [4.78, 5) is 13.6. The van der Waals surface area contributed by atoms with Crippen molar-refractivity contribution < 1.29 is 4.79 Å². The third kappa shape index (κ3) is 8.69. The summed E-state index contributed by atoms with van der Waals surface area (Å²) in [5, 5.41) is 5.97. The average molecular weight is 184 g/mol. The maximum absolute atomic E-state index is 11.1. The average Bonchev–Trinajstić information content (AvgIpc) is 2.09. The van der Waals surface area contributed by atoms with Crippen LogP contribution < -0.4 is 5.32 Å². The van der Waals surface area contributed by atoms with E-state index in [-0.39, 0.29) is 5.91 Å². The Bertz CT molecular complexity index is 196. The fourth-order valence-corrected chi connectivity index (χ4v) is 0.798. The summed E-state index contributed by atoms with van der Waals surface area (Å²) >= 11 is 0. The molecule has 0 bridgehead atoms. The summed E-state index contributed by atoms with van der Waals surface area (Å²) in [5.41, 5.74) is 7.95. The van der Waals surface area contributed by atoms with Crippen LogP contribution in [-0.4, -0.2) is 19.0 Å². The van der Waals surface area contributed by atoms with E-state index in [1.54, 1.807) is 0 Å². The van der Waals surface area contributed by atoms with Crippen molar-refractivity contribution in [3.63, 3.8) is 0 Å². The Morgan fingerprint density at radius 2 is 2.31 bits per heavy atom. The number of azide groups is 1. The smallest absolute Gasteiger partial charge is 0.220 e. The largest absolute Gasteiger partial charge is 0.356 e. The molecular weight excluding hydrogens is 168 g/mol. The van der Waals surface area contributed by atoms with Crippen LogP contribution in [0.4, 0.5) is 0 Å². The number of amides is 1. The molecule has 0 aromatic heterocycles. The molecule has 0 saturated heterocycles. The van der Waals surface area contributed by atoms with E-state index >= 15 is 0 Å². The van der Waals surface area contributed by atoms with Gasteiger partial charge in [0.15, 0.2) is 0 Å². The topological polar surface area (TPSA) is 77.9 Å². The first-order valence-corrected chi connectivity index (χ1v) is 4.44. The molecule has 0 aromatic carbocycles. The minimum atomic E-state index is 0.0295. The lowest BCUT2D eigenvalue weighted by Crippen LogP contribution is -2.25. The van der Waals surface area contributed by atoms with Gasteiger partial charge in [-0.15, -0.1) is 0 Å². The van der Waals surface area contributed by atoms with Crippen molar-refractivity contribution in [2.75, 3.05) is 13.1 Å². The Morgan fingerprint density at radius 3 is 2.85 bits per heavy atom. The number of hydrogen-bond acceptors (Lipinski definition) is 2. The zero-order valence-electron chi connectivity index (χ0n) is 8.16. The number of carbonyl (C=O) groups excluding carboxylic acids is 1. The van der Waals surface area contributed by atoms with Crippen LogP contribution in [0.1, 0.15) is 26.7 Å². The molecule has 0 saturated carbocycles. The first kappa shape index (κ1) is 11.8. The van der Waals surface area contributed by atoms with Gasteiger partial charge < -0.3 is 5.32 Å². The van der Waals surface area contributed by atoms with Crippen LogP contribution >= 0.6 is 0 Å². The van der Waals surface area contributed by atoms with Gasteiger partial charge in [-0.3, -0.25) is 4.79 Å². The van der Waals surface area contributed by atoms with Crippen LogP contribution in [0.15, 0.2) is 5.11 Å². The second-order valence-electron chi connectivity index (χ2n) is 3.24. The Morgan fingerprint density at radius 1 is 1.62 bits per heavy atom. The Hall–Kier alpha value is -1.22. The van der Waals surface area contributed by atoms with Gasteiger partial charge in [0.2, 0.25) is 5.91 Å². The summed E-state index contributed by atoms with van der Waals surface area (Å²) < 4.78 is 0. The highest BCUT2D eigenvalue weighted by Gasteiger charge is 2.01. The third-order valence-electron chi connectivity index (χ3n) is 1.55. The normalized spacial score (nSPS) is 9.46. The fourth-order valence-electron chi connectivity index (χ4n) is 0.798. The number of nitrogens with zero attached hydrogens (tertiary/aromatic N) is 3. The molecule has 1 N–H and O–H groups in total. The van der Waals surface area contributed by atoms with E-state index in [2.05, 4.69) is 29.2 Å². The maximum atomic E-state index is 11.1. The molecule has 13 heavy (non-hydrogen) atoms. The highest BCUT2D eigenvalue weighted by atomic mass is 16.1. The van der Waals surface area contributed by atoms with Gasteiger partial charge in [-0.2, -0.15) is 0 Å². The fraction of sp³-hybridized carbons (Fsp3) is 0.875. The first-order chi connectivity index (χ1) is 6.16. The van der Waals surface area contributed by atoms with E-state index in [0.717, 1.165) is 6.42 Å². The van der Waals surface area contributed by atoms with Crippen LogP contribution in [-0.2, 0) is 4.79 Å². The van der Waals surface area contributed by atoms with Crippen LogP contribution in [0.2, 0.25) is 0 Å². The van der Waals surface area contributed by atoms with Gasteiger partial charge in [0, 0.05) is 24.4 Å². The molecule has 0 aliphatic heterocycles. The Labute approximate surface area is 78.1 Å². The third-order valence-corrected chi connectivity index (χ3v) is 1.55. The molecule has 5 nitrogen and oxygen atoms in total. The van der Waals surface area contributed by atoms with E-state index in [1.807, 2.05) is 0 Å². The molecule has 0 rings (SSSR count). The van der Waals surface area contributed by atoms with Crippen molar-refractivity contribution >= 4 is 5.91 Å². The number of rotatable bonds is 6. The second-order valence-corrected chi connectivity index (χ2v) is 3.24. The van der Waals surface area contributed by atoms with Crippen molar-refractivity contribution in [3.8, 4) is 0 Å². The highest BCUT2D eigenvalue weighted by molar-refractivity contribution is 5.75. The molecule has 0 atom stereocenters. The zero-order chi connectivity index (χ0) is 10.1. The van der Waals surface area contributed by atoms with E-state index in [0.29, 0.717) is 25.4 Å². The van der Waals surface area contributed by atoms with Gasteiger partial charge in [-0.05, 0) is 17.9 Å². The van der Waals surface area contributed by atoms with Crippen molar-refractivity contribution in [3.05, 3.63) is 10.4 Å². The summed E-state index contributed by atoms with van der Waals surface area (Å²) in [5.74, 6) is 0.574. The standard InChI is InChI=1S/C8H16N4O/c1-7(2)3-4-8(13)10-5-6-11-12-9/h7H,3-6H2,1-2H3,(H,10,13). The quantitative estimate of drug-likeness (QED) is 0.291. The van der Waals surface area contributed by atoms with E-state index in [9.17, 15) is 4.79 Å². The predicted octanol–water partition coefficient (Wildman–Crippen LogP) is 1.85. The molecule has 0 aliphatic rings. The SMILES string of the molecule is CC(C)CCC(=O)NCCN=[N+]=[N-]. The summed E-state index contributed by atoms with van der Waals surface area (Å²) in [7, 11) is 0. The first-order valence-electron chi connectivity index (χ1n) is 4.44. The van der Waals surface area contributed by atoms with Crippen LogP contribution in [0, 0.1) is 5.92 Å². The Balaban J connectivity index is 3.35. The minimum Gasteiger partial charge on any atom is -0.356 e. The monoisotopic (exact) mass is 184 g/mol. The van der Waals surface area contributed by atoms with Gasteiger partial charge in [0.25, 0.3) is 0 Å². The number of hydrogen-bond donors (Lipinski definition) is 1. The molecule has 0 aromatic rings. The van der Waals surface area contributed by atoms with Gasteiger partial charge in [-0.25, -0.2) is 0 Å². The lowest BCUT2D eigenvalue weighted by Gasteiger charge is -2.04. The molecule has 5 heteroatoms. The van der Waals surface area contributed by atoms with Crippen molar-refractivity contribution in [1.29, 1.82) is 0 Å². The molecule has 0 aliphatic carbocycles. The molecule has 0 unspecified atom stereocenters. The molecule has 74 valence electrons. The predicted molar refractivity (Wildman–Crippen MR) is 51.1 cm³/mol. The van der Waals surface area contributed by atoms with Crippen LogP contribution in [0.3, 0.4) is 0 Å². The van der Waals surface area contributed by atoms with Crippen LogP contribution in [0.25, 0.3) is 10.4 Å². The summed E-state index contributed by atoms with van der Waals surface area (Å²) in [6.07, 6.45) is 1.45. The summed E-state index contributed by atoms with van der Waals surface area (Å²) in [6.45, 7) is 4.91. The van der Waals surface area contributed by atoms with Crippen molar-refractivity contribution in [1.82, 2.24) is 5.32 Å². The van der Waals surface area contributed by atoms with E-state index in [4.69, 9.17) is 5.53 Å². The molecule has 0 spiro atoms.